The van der Waals surface area contributed by atoms with Gasteiger partial charge in [-0.15, -0.1) is 0 Å². The molecule has 84 valence electrons. The summed E-state index contributed by atoms with van der Waals surface area (Å²) < 4.78 is 0. The summed E-state index contributed by atoms with van der Waals surface area (Å²) in [5.41, 5.74) is 8.09. The molecule has 0 spiro atoms. The molecule has 0 saturated carbocycles. The lowest BCUT2D eigenvalue weighted by Gasteiger charge is -2.00. The Kier molecular flexibility index (Phi) is 5.06. The first-order chi connectivity index (χ1) is 7.74. The second-order valence-electron chi connectivity index (χ2n) is 3.62. The highest BCUT2D eigenvalue weighted by atomic mass is 14.6. The lowest BCUT2D eigenvalue weighted by Crippen LogP contribution is -2.02. The van der Waals surface area contributed by atoms with Crippen LogP contribution < -0.4 is 5.73 Å². The molecule has 0 fully saturated rings. The highest BCUT2D eigenvalue weighted by Gasteiger charge is 2.03. The molecule has 0 radical (unpaired) electrons. The van der Waals surface area contributed by atoms with E-state index in [1.165, 1.54) is 0 Å². The van der Waals surface area contributed by atoms with Crippen molar-refractivity contribution in [2.45, 2.75) is 19.8 Å². The number of hydrogen-bond donors (Lipinski definition) is 2. The van der Waals surface area contributed by atoms with Crippen molar-refractivity contribution in [2.75, 3.05) is 0 Å². The summed E-state index contributed by atoms with van der Waals surface area (Å²) in [5, 5.41) is 7.83. The van der Waals surface area contributed by atoms with E-state index in [1.807, 2.05) is 49.5 Å². The van der Waals surface area contributed by atoms with E-state index >= 15 is 0 Å². The molecule has 0 aromatic carbocycles. The highest BCUT2D eigenvalue weighted by Crippen LogP contribution is 2.13. The smallest absolute Gasteiger partial charge is 0.0592 e. The molecule has 16 heavy (non-hydrogen) atoms. The first-order valence-electron chi connectivity index (χ1n) is 5.42. The van der Waals surface area contributed by atoms with E-state index in [4.69, 9.17) is 11.1 Å². The second kappa shape index (κ2) is 6.62. The van der Waals surface area contributed by atoms with Crippen LogP contribution in [0.5, 0.6) is 0 Å². The maximum atomic E-state index is 7.83. The van der Waals surface area contributed by atoms with Gasteiger partial charge in [0.25, 0.3) is 0 Å². The summed E-state index contributed by atoms with van der Waals surface area (Å²) in [4.78, 5) is 0. The van der Waals surface area contributed by atoms with Gasteiger partial charge in [0.2, 0.25) is 0 Å². The van der Waals surface area contributed by atoms with Gasteiger partial charge in [0.05, 0.1) is 5.71 Å². The minimum atomic E-state index is 0.516. The van der Waals surface area contributed by atoms with E-state index in [0.29, 0.717) is 12.1 Å². The van der Waals surface area contributed by atoms with Crippen LogP contribution in [0.3, 0.4) is 0 Å². The van der Waals surface area contributed by atoms with Crippen LogP contribution in [0.4, 0.5) is 0 Å². The summed E-state index contributed by atoms with van der Waals surface area (Å²) in [6.07, 6.45) is 17.1. The third-order valence-corrected chi connectivity index (χ3v) is 2.24. The molecule has 2 heteroatoms. The monoisotopic (exact) mass is 214 g/mol. The first-order valence-corrected chi connectivity index (χ1v) is 5.42. The Morgan fingerprint density at radius 2 is 2.31 bits per heavy atom. The van der Waals surface area contributed by atoms with Crippen LogP contribution in [0.2, 0.25) is 0 Å². The first kappa shape index (κ1) is 12.2. The lowest BCUT2D eigenvalue weighted by atomic mass is 10.1. The van der Waals surface area contributed by atoms with Crippen LogP contribution in [-0.2, 0) is 0 Å². The van der Waals surface area contributed by atoms with Crippen molar-refractivity contribution in [1.29, 1.82) is 5.41 Å². The van der Waals surface area contributed by atoms with E-state index in [-0.39, 0.29) is 0 Å². The molecule has 1 aliphatic carbocycles. The molecule has 3 N–H and O–H groups in total. The zero-order chi connectivity index (χ0) is 11.8. The highest BCUT2D eigenvalue weighted by molar-refractivity contribution is 6.07. The van der Waals surface area contributed by atoms with Gasteiger partial charge in [-0.2, -0.15) is 0 Å². The Morgan fingerprint density at radius 1 is 1.50 bits per heavy atom. The van der Waals surface area contributed by atoms with Crippen LogP contribution >= 0.6 is 0 Å². The topological polar surface area (TPSA) is 49.9 Å². The van der Waals surface area contributed by atoms with Crippen molar-refractivity contribution in [3.8, 4) is 0 Å². The van der Waals surface area contributed by atoms with Gasteiger partial charge in [-0.3, -0.25) is 0 Å². The fraction of sp³-hybridized carbons (Fsp3) is 0.214. The summed E-state index contributed by atoms with van der Waals surface area (Å²) in [6, 6.07) is 0. The Labute approximate surface area is 97.1 Å². The molecule has 0 aromatic heterocycles. The van der Waals surface area contributed by atoms with Crippen LogP contribution in [0, 0.1) is 5.41 Å². The molecule has 0 amide bonds. The van der Waals surface area contributed by atoms with Gasteiger partial charge >= 0.3 is 0 Å². The molecular weight excluding hydrogens is 196 g/mol. The summed E-state index contributed by atoms with van der Waals surface area (Å²) in [5.74, 6) is 0. The van der Waals surface area contributed by atoms with Crippen LogP contribution in [0.25, 0.3) is 0 Å². The third kappa shape index (κ3) is 4.13. The van der Waals surface area contributed by atoms with Gasteiger partial charge in [-0.1, -0.05) is 42.5 Å². The zero-order valence-electron chi connectivity index (χ0n) is 9.61. The van der Waals surface area contributed by atoms with E-state index in [9.17, 15) is 0 Å². The number of rotatable bonds is 5. The molecule has 0 unspecified atom stereocenters. The third-order valence-electron chi connectivity index (χ3n) is 2.24. The van der Waals surface area contributed by atoms with Gasteiger partial charge in [-0.25, -0.2) is 0 Å². The van der Waals surface area contributed by atoms with E-state index < -0.39 is 0 Å². The molecule has 1 rings (SSSR count). The number of nitrogens with one attached hydrogen (secondary N) is 1. The van der Waals surface area contributed by atoms with Crippen molar-refractivity contribution < 1.29 is 0 Å². The number of allylic oxidation sites excluding steroid dienone is 9. The minimum Gasteiger partial charge on any atom is -0.402 e. The number of nitrogens with two attached hydrogens (primary N) is 1. The SMILES string of the molecule is C/C=C\C=C/C/C(N)=C/C(=N)C1=CC=CC1. The maximum absolute atomic E-state index is 7.83. The molecule has 1 aliphatic rings. The molecule has 2 nitrogen and oxygen atoms in total. The fourth-order valence-electron chi connectivity index (χ4n) is 1.38. The Morgan fingerprint density at radius 3 is 2.94 bits per heavy atom. The molecule has 0 aromatic rings. The Bertz CT molecular complexity index is 393. The van der Waals surface area contributed by atoms with Gasteiger partial charge in [0.15, 0.2) is 0 Å². The quantitative estimate of drug-likeness (QED) is 0.535. The zero-order valence-corrected chi connectivity index (χ0v) is 9.61. The normalized spacial score (nSPS) is 16.3. The molecule has 0 atom stereocenters. The van der Waals surface area contributed by atoms with E-state index in [1.54, 1.807) is 6.08 Å². The average molecular weight is 214 g/mol. The second-order valence-corrected chi connectivity index (χ2v) is 3.62. The Balaban J connectivity index is 2.46. The van der Waals surface area contributed by atoms with Crippen molar-refractivity contribution in [1.82, 2.24) is 0 Å². The van der Waals surface area contributed by atoms with Crippen molar-refractivity contribution in [2.24, 2.45) is 5.73 Å². The number of hydrogen-bond acceptors (Lipinski definition) is 2. The molecule has 0 aliphatic heterocycles. The summed E-state index contributed by atoms with van der Waals surface area (Å²) >= 11 is 0. The Hall–Kier alpha value is -1.83. The molecule has 0 bridgehead atoms. The van der Waals surface area contributed by atoms with E-state index in [0.717, 1.165) is 17.7 Å². The molecule has 0 heterocycles. The maximum Gasteiger partial charge on any atom is 0.0592 e. The van der Waals surface area contributed by atoms with Crippen LogP contribution in [0.15, 0.2) is 59.9 Å². The minimum absolute atomic E-state index is 0.516. The standard InChI is InChI=1S/C14H18N2/c1-2-3-4-5-10-13(15)11-14(16)12-8-6-7-9-12/h2-8,11,16H,9-10,15H2,1H3/b3-2-,5-4-,13-11-,16-14?. The molecular formula is C14H18N2. The summed E-state index contributed by atoms with van der Waals surface area (Å²) in [7, 11) is 0. The predicted molar refractivity (Wildman–Crippen MR) is 70.4 cm³/mol. The largest absolute Gasteiger partial charge is 0.402 e. The van der Waals surface area contributed by atoms with Crippen LogP contribution in [-0.4, -0.2) is 5.71 Å². The van der Waals surface area contributed by atoms with Gasteiger partial charge in [0.1, 0.15) is 0 Å². The predicted octanol–water partition coefficient (Wildman–Crippen LogP) is 3.26. The lowest BCUT2D eigenvalue weighted by molar-refractivity contribution is 1.17. The van der Waals surface area contributed by atoms with Crippen molar-refractivity contribution in [3.05, 3.63) is 59.9 Å². The average Bonchev–Trinajstić information content (AvgIpc) is 2.77. The van der Waals surface area contributed by atoms with Crippen LogP contribution in [0.1, 0.15) is 19.8 Å². The van der Waals surface area contributed by atoms with Gasteiger partial charge in [-0.05, 0) is 25.0 Å². The van der Waals surface area contributed by atoms with Crippen molar-refractivity contribution >= 4 is 5.71 Å². The van der Waals surface area contributed by atoms with Gasteiger partial charge < -0.3 is 11.1 Å². The van der Waals surface area contributed by atoms with Gasteiger partial charge in [0, 0.05) is 12.1 Å². The molecule has 0 saturated heterocycles. The summed E-state index contributed by atoms with van der Waals surface area (Å²) in [6.45, 7) is 1.97. The fourth-order valence-corrected chi connectivity index (χ4v) is 1.38. The van der Waals surface area contributed by atoms with E-state index in [2.05, 4.69) is 0 Å². The van der Waals surface area contributed by atoms with Crippen molar-refractivity contribution in [3.63, 3.8) is 0 Å².